The first kappa shape index (κ1) is 19.7. The van der Waals surface area contributed by atoms with Crippen molar-refractivity contribution in [2.75, 3.05) is 13.7 Å². The van der Waals surface area contributed by atoms with Crippen molar-refractivity contribution in [3.63, 3.8) is 0 Å². The van der Waals surface area contributed by atoms with Crippen molar-refractivity contribution in [2.24, 2.45) is 5.92 Å². The van der Waals surface area contributed by atoms with Crippen molar-refractivity contribution < 1.29 is 14.3 Å². The van der Waals surface area contributed by atoms with Crippen LogP contribution in [0.3, 0.4) is 0 Å². The van der Waals surface area contributed by atoms with Crippen molar-refractivity contribution in [1.82, 2.24) is 10.6 Å². The third kappa shape index (κ3) is 6.04. The zero-order valence-corrected chi connectivity index (χ0v) is 16.1. The Kier molecular flexibility index (Phi) is 7.41. The lowest BCUT2D eigenvalue weighted by Gasteiger charge is -2.14. The van der Waals surface area contributed by atoms with Gasteiger partial charge in [0.15, 0.2) is 5.11 Å². The van der Waals surface area contributed by atoms with E-state index >= 15 is 0 Å². The van der Waals surface area contributed by atoms with E-state index in [0.29, 0.717) is 30.4 Å². The van der Waals surface area contributed by atoms with Gasteiger partial charge in [-0.25, -0.2) is 0 Å². The number of methoxy groups -OCH3 is 1. The highest BCUT2D eigenvalue weighted by molar-refractivity contribution is 7.80. The summed E-state index contributed by atoms with van der Waals surface area (Å²) in [6, 6.07) is 14.8. The van der Waals surface area contributed by atoms with Gasteiger partial charge in [0.2, 0.25) is 0 Å². The Labute approximate surface area is 159 Å². The fourth-order valence-corrected chi connectivity index (χ4v) is 2.34. The molecule has 0 saturated carbocycles. The maximum absolute atomic E-state index is 12.5. The number of nitrogens with one attached hydrogen (secondary N) is 2. The van der Waals surface area contributed by atoms with E-state index in [2.05, 4.69) is 24.5 Å². The Morgan fingerprint density at radius 3 is 2.46 bits per heavy atom. The maximum atomic E-state index is 12.5. The molecule has 0 spiro atoms. The Bertz CT molecular complexity index is 745. The molecule has 0 atom stereocenters. The van der Waals surface area contributed by atoms with Crippen molar-refractivity contribution in [2.45, 2.75) is 20.4 Å². The number of para-hydroxylation sites is 1. The molecule has 0 fully saturated rings. The molecule has 0 radical (unpaired) electrons. The number of ether oxygens (including phenoxy) is 2. The fourth-order valence-electron chi connectivity index (χ4n) is 2.18. The van der Waals surface area contributed by atoms with E-state index in [9.17, 15) is 4.79 Å². The topological polar surface area (TPSA) is 59.6 Å². The Morgan fingerprint density at radius 2 is 1.81 bits per heavy atom. The molecule has 2 aromatic carbocycles. The molecular formula is C20H24N2O3S. The largest absolute Gasteiger partial charge is 0.497 e. The summed E-state index contributed by atoms with van der Waals surface area (Å²) in [6.07, 6.45) is 0. The summed E-state index contributed by atoms with van der Waals surface area (Å²) in [4.78, 5) is 12.5. The van der Waals surface area contributed by atoms with Crippen molar-refractivity contribution in [1.29, 1.82) is 0 Å². The zero-order chi connectivity index (χ0) is 18.9. The number of benzene rings is 2. The maximum Gasteiger partial charge on any atom is 0.261 e. The molecule has 0 saturated heterocycles. The summed E-state index contributed by atoms with van der Waals surface area (Å²) in [5.41, 5.74) is 1.49. The van der Waals surface area contributed by atoms with Gasteiger partial charge in [0.1, 0.15) is 11.5 Å². The molecule has 138 valence electrons. The zero-order valence-electron chi connectivity index (χ0n) is 15.2. The van der Waals surface area contributed by atoms with Gasteiger partial charge in [-0.3, -0.25) is 10.1 Å². The fraction of sp³-hybridized carbons (Fsp3) is 0.300. The lowest BCUT2D eigenvalue weighted by Crippen LogP contribution is -2.39. The van der Waals surface area contributed by atoms with E-state index in [1.165, 1.54) is 0 Å². The lowest BCUT2D eigenvalue weighted by atomic mass is 10.2. The molecule has 0 aliphatic carbocycles. The van der Waals surface area contributed by atoms with Crippen molar-refractivity contribution in [3.8, 4) is 11.5 Å². The molecule has 0 heterocycles. The van der Waals surface area contributed by atoms with Crippen LogP contribution in [0.2, 0.25) is 0 Å². The molecule has 5 nitrogen and oxygen atoms in total. The molecule has 6 heteroatoms. The minimum absolute atomic E-state index is 0.268. The SMILES string of the molecule is COc1ccc(CNC(=S)NC(=O)c2ccccc2OCC(C)C)cc1. The quantitative estimate of drug-likeness (QED) is 0.728. The second-order valence-electron chi connectivity index (χ2n) is 6.19. The highest BCUT2D eigenvalue weighted by atomic mass is 32.1. The summed E-state index contributed by atoms with van der Waals surface area (Å²) in [5, 5.41) is 5.99. The highest BCUT2D eigenvalue weighted by Gasteiger charge is 2.13. The molecule has 2 aromatic rings. The molecular weight excluding hydrogens is 348 g/mol. The molecule has 2 rings (SSSR count). The summed E-state index contributed by atoms with van der Waals surface area (Å²) < 4.78 is 10.8. The normalized spacial score (nSPS) is 10.3. The van der Waals surface area contributed by atoms with Crippen LogP contribution in [0, 0.1) is 5.92 Å². The molecule has 0 bridgehead atoms. The van der Waals surface area contributed by atoms with Crippen LogP contribution in [-0.4, -0.2) is 24.7 Å². The van der Waals surface area contributed by atoms with E-state index in [0.717, 1.165) is 11.3 Å². The van der Waals surface area contributed by atoms with E-state index in [1.54, 1.807) is 25.3 Å². The highest BCUT2D eigenvalue weighted by Crippen LogP contribution is 2.18. The minimum Gasteiger partial charge on any atom is -0.497 e. The number of hydrogen-bond acceptors (Lipinski definition) is 4. The number of carbonyl (C=O) groups excluding carboxylic acids is 1. The summed E-state index contributed by atoms with van der Waals surface area (Å²) in [7, 11) is 1.63. The van der Waals surface area contributed by atoms with Gasteiger partial charge in [-0.15, -0.1) is 0 Å². The third-order valence-corrected chi connectivity index (χ3v) is 3.79. The van der Waals surface area contributed by atoms with Crippen LogP contribution in [0.4, 0.5) is 0 Å². The molecule has 0 aliphatic rings. The Hall–Kier alpha value is -2.60. The van der Waals surface area contributed by atoms with Crippen LogP contribution < -0.4 is 20.1 Å². The average Bonchev–Trinajstić information content (AvgIpc) is 2.65. The number of rotatable bonds is 7. The van der Waals surface area contributed by atoms with Crippen LogP contribution in [0.1, 0.15) is 29.8 Å². The summed E-state index contributed by atoms with van der Waals surface area (Å²) in [6.45, 7) is 5.17. The Morgan fingerprint density at radius 1 is 1.12 bits per heavy atom. The van der Waals surface area contributed by atoms with E-state index < -0.39 is 0 Å². The number of thiocarbonyl (C=S) groups is 1. The molecule has 0 aliphatic heterocycles. The molecule has 0 unspecified atom stereocenters. The Balaban J connectivity index is 1.91. The van der Waals surface area contributed by atoms with Gasteiger partial charge in [0.25, 0.3) is 5.91 Å². The third-order valence-electron chi connectivity index (χ3n) is 3.54. The van der Waals surface area contributed by atoms with Gasteiger partial charge < -0.3 is 14.8 Å². The van der Waals surface area contributed by atoms with Crippen LogP contribution in [0.15, 0.2) is 48.5 Å². The van der Waals surface area contributed by atoms with Crippen molar-refractivity contribution in [3.05, 3.63) is 59.7 Å². The monoisotopic (exact) mass is 372 g/mol. The number of carbonyl (C=O) groups is 1. The van der Waals surface area contributed by atoms with E-state index in [4.69, 9.17) is 21.7 Å². The van der Waals surface area contributed by atoms with E-state index in [1.807, 2.05) is 30.3 Å². The minimum atomic E-state index is -0.295. The average molecular weight is 372 g/mol. The van der Waals surface area contributed by atoms with Gasteiger partial charge >= 0.3 is 0 Å². The second-order valence-corrected chi connectivity index (χ2v) is 6.59. The molecule has 26 heavy (non-hydrogen) atoms. The van der Waals surface area contributed by atoms with Crippen LogP contribution >= 0.6 is 12.2 Å². The molecule has 2 N–H and O–H groups in total. The summed E-state index contributed by atoms with van der Waals surface area (Å²) in [5.74, 6) is 1.43. The lowest BCUT2D eigenvalue weighted by molar-refractivity contribution is 0.0972. The predicted molar refractivity (Wildman–Crippen MR) is 107 cm³/mol. The smallest absolute Gasteiger partial charge is 0.261 e. The van der Waals surface area contributed by atoms with Gasteiger partial charge in [-0.05, 0) is 48.0 Å². The van der Waals surface area contributed by atoms with Crippen LogP contribution in [0.5, 0.6) is 11.5 Å². The summed E-state index contributed by atoms with van der Waals surface area (Å²) >= 11 is 5.22. The van der Waals surface area contributed by atoms with Gasteiger partial charge in [0, 0.05) is 6.54 Å². The predicted octanol–water partition coefficient (Wildman–Crippen LogP) is 3.53. The van der Waals surface area contributed by atoms with Gasteiger partial charge in [-0.1, -0.05) is 38.1 Å². The van der Waals surface area contributed by atoms with Gasteiger partial charge in [-0.2, -0.15) is 0 Å². The first-order valence-electron chi connectivity index (χ1n) is 8.43. The van der Waals surface area contributed by atoms with Crippen LogP contribution in [0.25, 0.3) is 0 Å². The molecule has 0 aromatic heterocycles. The van der Waals surface area contributed by atoms with E-state index in [-0.39, 0.29) is 11.0 Å². The number of hydrogen-bond donors (Lipinski definition) is 2. The molecule has 1 amide bonds. The second kappa shape index (κ2) is 9.77. The number of amides is 1. The van der Waals surface area contributed by atoms with Crippen LogP contribution in [-0.2, 0) is 6.54 Å². The first-order valence-corrected chi connectivity index (χ1v) is 8.84. The first-order chi connectivity index (χ1) is 12.5. The van der Waals surface area contributed by atoms with Crippen molar-refractivity contribution >= 4 is 23.2 Å². The van der Waals surface area contributed by atoms with Gasteiger partial charge in [0.05, 0.1) is 19.3 Å². The standard InChI is InChI=1S/C20H24N2O3S/c1-14(2)13-25-18-7-5-4-6-17(18)19(23)22-20(26)21-12-15-8-10-16(24-3)11-9-15/h4-11,14H,12-13H2,1-3H3,(H2,21,22,23,26).